The molecule has 0 spiro atoms. The van der Waals surface area contributed by atoms with Crippen molar-refractivity contribution >= 4 is 6.09 Å². The zero-order valence-corrected chi connectivity index (χ0v) is 26.2. The average Bonchev–Trinajstić information content (AvgIpc) is 3.08. The van der Waals surface area contributed by atoms with Crippen LogP contribution in [0.5, 0.6) is 5.75 Å². The van der Waals surface area contributed by atoms with E-state index in [1.54, 1.807) is 4.90 Å². The van der Waals surface area contributed by atoms with Gasteiger partial charge in [-0.3, -0.25) is 0 Å². The van der Waals surface area contributed by atoms with Gasteiger partial charge < -0.3 is 19.3 Å². The number of aromatic nitrogens is 2. The van der Waals surface area contributed by atoms with E-state index >= 15 is 0 Å². The minimum atomic E-state index is -4.44. The van der Waals surface area contributed by atoms with E-state index < -0.39 is 11.7 Å². The Hall–Kier alpha value is -4.44. The summed E-state index contributed by atoms with van der Waals surface area (Å²) >= 11 is 0. The summed E-state index contributed by atoms with van der Waals surface area (Å²) in [5.74, 6) is 0.176. The van der Waals surface area contributed by atoms with Crippen LogP contribution in [0.2, 0.25) is 0 Å². The number of alkyl halides is 3. The van der Waals surface area contributed by atoms with Crippen LogP contribution in [-0.4, -0.2) is 59.3 Å². The van der Waals surface area contributed by atoms with Crippen molar-refractivity contribution in [3.8, 4) is 17.0 Å². The number of rotatable bonds is 6. The number of carbonyl (C=O) groups excluding carboxylic acids is 1. The van der Waals surface area contributed by atoms with Crippen LogP contribution >= 0.6 is 0 Å². The highest BCUT2D eigenvalue weighted by atomic mass is 19.4. The third kappa shape index (κ3) is 8.63. The van der Waals surface area contributed by atoms with Crippen molar-refractivity contribution in [3.05, 3.63) is 112 Å². The van der Waals surface area contributed by atoms with Gasteiger partial charge in [0.2, 0.25) is 0 Å². The topological polar surface area (TPSA) is 67.8 Å². The highest BCUT2D eigenvalue weighted by Gasteiger charge is 2.32. The van der Waals surface area contributed by atoms with Gasteiger partial charge in [-0.25, -0.2) is 4.79 Å². The van der Waals surface area contributed by atoms with Crippen LogP contribution in [-0.2, 0) is 37.0 Å². The number of amides is 1. The van der Waals surface area contributed by atoms with Crippen molar-refractivity contribution < 1.29 is 27.4 Å². The Kier molecular flexibility index (Phi) is 10.9. The number of piperazine rings is 1. The van der Waals surface area contributed by atoms with Gasteiger partial charge in [-0.1, -0.05) is 60.7 Å². The maximum absolute atomic E-state index is 13.3. The molecule has 0 bridgehead atoms. The molecule has 2 aliphatic rings. The fourth-order valence-corrected chi connectivity index (χ4v) is 5.58. The second-order valence-corrected chi connectivity index (χ2v) is 11.6. The molecule has 1 saturated heterocycles. The summed E-state index contributed by atoms with van der Waals surface area (Å²) in [6, 6.07) is 22.7. The van der Waals surface area contributed by atoms with Crippen molar-refractivity contribution in [2.45, 2.75) is 52.0 Å². The molecule has 1 aromatic heterocycles. The average molecular weight is 633 g/mol. The molecule has 10 heteroatoms. The smallest absolute Gasteiger partial charge is 0.416 e. The number of hydrogen-bond donors (Lipinski definition) is 0. The number of ether oxygens (including phenoxy) is 2. The van der Waals surface area contributed by atoms with Crippen LogP contribution in [0, 0.1) is 6.92 Å². The third-order valence-electron chi connectivity index (χ3n) is 8.26. The van der Waals surface area contributed by atoms with Crippen LogP contribution in [0.15, 0.2) is 78.9 Å². The monoisotopic (exact) mass is 632 g/mol. The highest BCUT2D eigenvalue weighted by molar-refractivity contribution is 5.72. The van der Waals surface area contributed by atoms with Crippen molar-refractivity contribution in [2.75, 3.05) is 33.2 Å². The molecule has 0 radical (unpaired) electrons. The number of nitrogens with zero attached hydrogens (tertiary/aromatic N) is 4. The SMILES string of the molecule is CN1CCN(C(=O)OCc2ccccc2)CC1.Cc1nnc(-c2ccc(C(F)(F)F)cc2OCc2ccccc2)c2c1CCCC2. The molecule has 6 rings (SSSR count). The maximum atomic E-state index is 13.3. The molecule has 1 aliphatic heterocycles. The lowest BCUT2D eigenvalue weighted by molar-refractivity contribution is -0.137. The fraction of sp³-hybridized carbons (Fsp3) is 0.361. The molecule has 1 amide bonds. The van der Waals surface area contributed by atoms with Crippen molar-refractivity contribution in [1.82, 2.24) is 20.0 Å². The number of likely N-dealkylation sites (N-methyl/N-ethyl adjacent to an activating group) is 1. The summed E-state index contributed by atoms with van der Waals surface area (Å²) in [5.41, 5.74) is 5.48. The lowest BCUT2D eigenvalue weighted by Gasteiger charge is -2.31. The van der Waals surface area contributed by atoms with Gasteiger partial charge in [0.15, 0.2) is 0 Å². The molecule has 0 unspecified atom stereocenters. The first-order valence-corrected chi connectivity index (χ1v) is 15.6. The van der Waals surface area contributed by atoms with Crippen molar-refractivity contribution in [2.24, 2.45) is 0 Å². The molecule has 0 saturated carbocycles. The van der Waals surface area contributed by atoms with E-state index in [1.807, 2.05) is 67.6 Å². The molecule has 0 N–H and O–H groups in total. The summed E-state index contributed by atoms with van der Waals surface area (Å²) in [5, 5.41) is 8.63. The third-order valence-corrected chi connectivity index (χ3v) is 8.26. The molecule has 3 aromatic carbocycles. The number of aryl methyl sites for hydroxylation is 1. The quantitative estimate of drug-likeness (QED) is 0.219. The number of benzene rings is 3. The van der Waals surface area contributed by atoms with Gasteiger partial charge in [-0.05, 0) is 80.1 Å². The van der Waals surface area contributed by atoms with Gasteiger partial charge in [0.1, 0.15) is 24.7 Å². The standard InChI is InChI=1S/C23H21F3N2O.C13H18N2O2/c1-15-18-9-5-6-10-19(18)22(28-27-15)20-12-11-17(23(24,25)26)13-21(20)29-14-16-7-3-2-4-8-16;1-14-7-9-15(10-8-14)13(16)17-11-12-5-3-2-4-6-12/h2-4,7-8,11-13H,5-6,9-10,14H2,1H3;2-6H,7-11H2,1H3. The van der Waals surface area contributed by atoms with E-state index in [1.165, 1.54) is 6.07 Å². The Balaban J connectivity index is 0.000000209. The Labute approximate surface area is 268 Å². The first-order chi connectivity index (χ1) is 22.2. The van der Waals surface area contributed by atoms with E-state index in [0.29, 0.717) is 17.9 Å². The first-order valence-electron chi connectivity index (χ1n) is 15.6. The molecule has 0 atom stereocenters. The Bertz CT molecular complexity index is 1590. The summed E-state index contributed by atoms with van der Waals surface area (Å²) in [7, 11) is 2.06. The van der Waals surface area contributed by atoms with Crippen LogP contribution in [0.25, 0.3) is 11.3 Å². The largest absolute Gasteiger partial charge is 0.488 e. The van der Waals surface area contributed by atoms with Crippen LogP contribution in [0.3, 0.4) is 0 Å². The maximum Gasteiger partial charge on any atom is 0.416 e. The van der Waals surface area contributed by atoms with Gasteiger partial charge >= 0.3 is 12.3 Å². The van der Waals surface area contributed by atoms with E-state index in [-0.39, 0.29) is 18.4 Å². The zero-order valence-electron chi connectivity index (χ0n) is 26.2. The second-order valence-electron chi connectivity index (χ2n) is 11.6. The first kappa shape index (κ1) is 32.9. The number of halogens is 3. The van der Waals surface area contributed by atoms with E-state index in [0.717, 1.165) is 91.9 Å². The molecule has 46 heavy (non-hydrogen) atoms. The Morgan fingerprint density at radius 3 is 2.04 bits per heavy atom. The minimum absolute atomic E-state index is 0.176. The van der Waals surface area contributed by atoms with Gasteiger partial charge in [0, 0.05) is 31.7 Å². The second kappa shape index (κ2) is 15.2. The van der Waals surface area contributed by atoms with Crippen LogP contribution in [0.4, 0.5) is 18.0 Å². The van der Waals surface area contributed by atoms with E-state index in [9.17, 15) is 18.0 Å². The Morgan fingerprint density at radius 2 is 1.41 bits per heavy atom. The molecular formula is C36H39F3N4O3. The normalized spacial score (nSPS) is 14.9. The van der Waals surface area contributed by atoms with Crippen molar-refractivity contribution in [1.29, 1.82) is 0 Å². The van der Waals surface area contributed by atoms with Gasteiger partial charge in [0.05, 0.1) is 11.3 Å². The Morgan fingerprint density at radius 1 is 0.804 bits per heavy atom. The highest BCUT2D eigenvalue weighted by Crippen LogP contribution is 2.40. The van der Waals surface area contributed by atoms with Gasteiger partial charge in [0.25, 0.3) is 0 Å². The van der Waals surface area contributed by atoms with Crippen molar-refractivity contribution in [3.63, 3.8) is 0 Å². The van der Waals surface area contributed by atoms with E-state index in [4.69, 9.17) is 9.47 Å². The number of hydrogen-bond acceptors (Lipinski definition) is 6. The number of carbonyl (C=O) groups is 1. The molecule has 1 fully saturated rings. The lowest BCUT2D eigenvalue weighted by atomic mass is 9.88. The molecular weight excluding hydrogens is 593 g/mol. The predicted molar refractivity (Wildman–Crippen MR) is 170 cm³/mol. The minimum Gasteiger partial charge on any atom is -0.488 e. The molecule has 4 aromatic rings. The molecule has 2 heterocycles. The predicted octanol–water partition coefficient (Wildman–Crippen LogP) is 7.50. The number of fused-ring (bicyclic) bond motifs is 1. The fourth-order valence-electron chi connectivity index (χ4n) is 5.58. The van der Waals surface area contributed by atoms with Crippen LogP contribution in [0.1, 0.15) is 46.4 Å². The summed E-state index contributed by atoms with van der Waals surface area (Å²) in [6.45, 7) is 5.80. The van der Waals surface area contributed by atoms with Gasteiger partial charge in [-0.15, -0.1) is 5.10 Å². The molecule has 7 nitrogen and oxygen atoms in total. The summed E-state index contributed by atoms with van der Waals surface area (Å²) in [6.07, 6.45) is -0.760. The molecule has 242 valence electrons. The van der Waals surface area contributed by atoms with Crippen LogP contribution < -0.4 is 4.74 Å². The van der Waals surface area contributed by atoms with E-state index in [2.05, 4.69) is 22.1 Å². The summed E-state index contributed by atoms with van der Waals surface area (Å²) < 4.78 is 51.1. The van der Waals surface area contributed by atoms with Gasteiger partial charge in [-0.2, -0.15) is 18.3 Å². The molecule has 1 aliphatic carbocycles. The summed E-state index contributed by atoms with van der Waals surface area (Å²) in [4.78, 5) is 15.7. The lowest BCUT2D eigenvalue weighted by Crippen LogP contribution is -2.47. The zero-order chi connectivity index (χ0) is 32.5.